The van der Waals surface area contributed by atoms with Crippen LogP contribution in [0.25, 0.3) is 10.2 Å². The van der Waals surface area contributed by atoms with Crippen molar-refractivity contribution in [3.8, 4) is 0 Å². The highest BCUT2D eigenvalue weighted by Crippen LogP contribution is 2.22. The maximum atomic E-state index is 12.3. The van der Waals surface area contributed by atoms with Crippen LogP contribution < -0.4 is 5.56 Å². The molecule has 2 aromatic rings. The largest absolute Gasteiger partial charge is 0.283 e. The predicted octanol–water partition coefficient (Wildman–Crippen LogP) is 3.31. The molecule has 2 heterocycles. The van der Waals surface area contributed by atoms with Gasteiger partial charge in [-0.05, 0) is 18.4 Å². The summed E-state index contributed by atoms with van der Waals surface area (Å²) in [5.74, 6) is 0.764. The Morgan fingerprint density at radius 3 is 3.11 bits per heavy atom. The summed E-state index contributed by atoms with van der Waals surface area (Å²) in [5.41, 5.74) is 1.07. The molecule has 0 atom stereocenters. The standard InChI is InChI=1S/C13H14N2OS2/c1-4-6-15-12(16)10-5-7-17-11(10)14-13(15)18-8-9(2)3/h4-5,7H,1-2,6,8H2,3H3. The Morgan fingerprint density at radius 2 is 2.44 bits per heavy atom. The minimum absolute atomic E-state index is 0.00497. The molecule has 0 aliphatic rings. The third-order valence-electron chi connectivity index (χ3n) is 2.31. The normalized spacial score (nSPS) is 10.7. The van der Waals surface area contributed by atoms with Crippen LogP contribution in [0.5, 0.6) is 0 Å². The van der Waals surface area contributed by atoms with E-state index in [-0.39, 0.29) is 5.56 Å². The van der Waals surface area contributed by atoms with Crippen LogP contribution in [0.3, 0.4) is 0 Å². The van der Waals surface area contributed by atoms with Crippen molar-refractivity contribution < 1.29 is 0 Å². The number of rotatable bonds is 5. The zero-order valence-electron chi connectivity index (χ0n) is 10.2. The number of nitrogens with zero attached hydrogens (tertiary/aromatic N) is 2. The van der Waals surface area contributed by atoms with Crippen LogP contribution in [-0.4, -0.2) is 15.3 Å². The molecule has 0 aliphatic carbocycles. The number of aromatic nitrogens is 2. The summed E-state index contributed by atoms with van der Waals surface area (Å²) in [6.07, 6.45) is 1.71. The Kier molecular flexibility index (Phi) is 4.04. The van der Waals surface area contributed by atoms with E-state index in [4.69, 9.17) is 0 Å². The average molecular weight is 278 g/mol. The average Bonchev–Trinajstić information content (AvgIpc) is 2.79. The van der Waals surface area contributed by atoms with Gasteiger partial charge in [0.15, 0.2) is 5.16 Å². The van der Waals surface area contributed by atoms with Crippen LogP contribution in [0.2, 0.25) is 0 Å². The van der Waals surface area contributed by atoms with Gasteiger partial charge in [-0.25, -0.2) is 4.98 Å². The third kappa shape index (κ3) is 2.57. The Hall–Kier alpha value is -1.33. The molecular formula is C13H14N2OS2. The first-order valence-corrected chi connectivity index (χ1v) is 7.36. The quantitative estimate of drug-likeness (QED) is 0.478. The van der Waals surface area contributed by atoms with Gasteiger partial charge in [0.05, 0.1) is 5.39 Å². The van der Waals surface area contributed by atoms with Crippen molar-refractivity contribution >= 4 is 33.3 Å². The second-order valence-electron chi connectivity index (χ2n) is 3.98. The number of thioether (sulfide) groups is 1. The Bertz CT molecular complexity index is 655. The van der Waals surface area contributed by atoms with E-state index in [0.29, 0.717) is 11.9 Å². The molecule has 2 aromatic heterocycles. The molecule has 0 saturated heterocycles. The van der Waals surface area contributed by atoms with Gasteiger partial charge in [0.25, 0.3) is 5.56 Å². The monoisotopic (exact) mass is 278 g/mol. The molecule has 5 heteroatoms. The fourth-order valence-electron chi connectivity index (χ4n) is 1.52. The van der Waals surface area contributed by atoms with E-state index in [1.165, 1.54) is 23.1 Å². The van der Waals surface area contributed by atoms with E-state index in [9.17, 15) is 4.79 Å². The molecule has 94 valence electrons. The molecule has 0 aromatic carbocycles. The van der Waals surface area contributed by atoms with Gasteiger partial charge < -0.3 is 0 Å². The lowest BCUT2D eigenvalue weighted by molar-refractivity contribution is 0.673. The molecule has 0 aliphatic heterocycles. The van der Waals surface area contributed by atoms with Crippen molar-refractivity contribution in [1.82, 2.24) is 9.55 Å². The van der Waals surface area contributed by atoms with Crippen LogP contribution in [0, 0.1) is 0 Å². The lowest BCUT2D eigenvalue weighted by Gasteiger charge is -2.09. The third-order valence-corrected chi connectivity index (χ3v) is 4.32. The fraction of sp³-hybridized carbons (Fsp3) is 0.231. The van der Waals surface area contributed by atoms with Crippen molar-refractivity contribution in [2.24, 2.45) is 0 Å². The molecule has 0 unspecified atom stereocenters. The summed E-state index contributed by atoms with van der Waals surface area (Å²) < 4.78 is 1.66. The number of hydrogen-bond donors (Lipinski definition) is 0. The molecule has 0 amide bonds. The maximum Gasteiger partial charge on any atom is 0.263 e. The zero-order valence-corrected chi connectivity index (χ0v) is 11.8. The Balaban J connectivity index is 2.54. The van der Waals surface area contributed by atoms with Crippen LogP contribution in [-0.2, 0) is 6.54 Å². The first kappa shape index (κ1) is 13.1. The van der Waals surface area contributed by atoms with E-state index in [1.54, 1.807) is 10.6 Å². The van der Waals surface area contributed by atoms with Crippen molar-refractivity contribution in [2.75, 3.05) is 5.75 Å². The highest BCUT2D eigenvalue weighted by Gasteiger charge is 2.11. The van der Waals surface area contributed by atoms with Gasteiger partial charge in [-0.2, -0.15) is 0 Å². The topological polar surface area (TPSA) is 34.9 Å². The summed E-state index contributed by atoms with van der Waals surface area (Å²) >= 11 is 3.03. The van der Waals surface area contributed by atoms with Crippen molar-refractivity contribution in [3.63, 3.8) is 0 Å². The van der Waals surface area contributed by atoms with E-state index in [0.717, 1.165) is 21.3 Å². The maximum absolute atomic E-state index is 12.3. The summed E-state index contributed by atoms with van der Waals surface area (Å²) in [4.78, 5) is 17.6. The lowest BCUT2D eigenvalue weighted by Crippen LogP contribution is -2.22. The smallest absolute Gasteiger partial charge is 0.263 e. The van der Waals surface area contributed by atoms with Gasteiger partial charge in [0.1, 0.15) is 4.83 Å². The fourth-order valence-corrected chi connectivity index (χ4v) is 3.18. The Morgan fingerprint density at radius 1 is 1.67 bits per heavy atom. The van der Waals surface area contributed by atoms with Crippen molar-refractivity contribution in [2.45, 2.75) is 18.6 Å². The van der Waals surface area contributed by atoms with Gasteiger partial charge in [-0.15, -0.1) is 17.9 Å². The van der Waals surface area contributed by atoms with E-state index in [1.807, 2.05) is 18.4 Å². The number of thiophene rings is 1. The molecule has 0 N–H and O–H groups in total. The van der Waals surface area contributed by atoms with E-state index >= 15 is 0 Å². The minimum atomic E-state index is 0.00497. The highest BCUT2D eigenvalue weighted by atomic mass is 32.2. The molecule has 0 saturated carbocycles. The van der Waals surface area contributed by atoms with Crippen molar-refractivity contribution in [1.29, 1.82) is 0 Å². The van der Waals surface area contributed by atoms with Crippen LogP contribution in [0.15, 0.2) is 46.2 Å². The first-order valence-electron chi connectivity index (χ1n) is 5.49. The minimum Gasteiger partial charge on any atom is -0.283 e. The van der Waals surface area contributed by atoms with Crippen LogP contribution >= 0.6 is 23.1 Å². The summed E-state index contributed by atoms with van der Waals surface area (Å²) in [7, 11) is 0. The van der Waals surface area contributed by atoms with Gasteiger partial charge in [0.2, 0.25) is 0 Å². The number of hydrogen-bond acceptors (Lipinski definition) is 4. The zero-order chi connectivity index (χ0) is 13.1. The van der Waals surface area contributed by atoms with Crippen LogP contribution in [0.1, 0.15) is 6.92 Å². The van der Waals surface area contributed by atoms with E-state index in [2.05, 4.69) is 18.1 Å². The van der Waals surface area contributed by atoms with Crippen molar-refractivity contribution in [3.05, 3.63) is 46.6 Å². The lowest BCUT2D eigenvalue weighted by atomic mass is 10.4. The molecule has 0 spiro atoms. The van der Waals surface area contributed by atoms with Gasteiger partial charge in [0, 0.05) is 12.3 Å². The van der Waals surface area contributed by atoms with Gasteiger partial charge >= 0.3 is 0 Å². The van der Waals surface area contributed by atoms with Gasteiger partial charge in [-0.3, -0.25) is 9.36 Å². The molecule has 0 bridgehead atoms. The Labute approximate surface area is 114 Å². The molecule has 0 radical (unpaired) electrons. The molecule has 18 heavy (non-hydrogen) atoms. The van der Waals surface area contributed by atoms with E-state index < -0.39 is 0 Å². The molecule has 2 rings (SSSR count). The molecule has 3 nitrogen and oxygen atoms in total. The van der Waals surface area contributed by atoms with Gasteiger partial charge in [-0.1, -0.05) is 30.0 Å². The first-order chi connectivity index (χ1) is 8.63. The SMILES string of the molecule is C=CCn1c(SCC(=C)C)nc2sccc2c1=O. The highest BCUT2D eigenvalue weighted by molar-refractivity contribution is 7.99. The summed E-state index contributed by atoms with van der Waals surface area (Å²) in [5, 5.41) is 3.31. The number of allylic oxidation sites excluding steroid dienone is 1. The molecular weight excluding hydrogens is 264 g/mol. The number of fused-ring (bicyclic) bond motifs is 1. The summed E-state index contributed by atoms with van der Waals surface area (Å²) in [6, 6.07) is 1.82. The second-order valence-corrected chi connectivity index (χ2v) is 5.82. The molecule has 0 fully saturated rings. The predicted molar refractivity (Wildman–Crippen MR) is 79.6 cm³/mol. The summed E-state index contributed by atoms with van der Waals surface area (Å²) in [6.45, 7) is 10.0. The van der Waals surface area contributed by atoms with Crippen LogP contribution in [0.4, 0.5) is 0 Å². The second kappa shape index (κ2) is 5.54.